The average Bonchev–Trinajstić information content (AvgIpc) is 3.23. The number of pyridine rings is 1. The molecular formula is C25H30F2N8O2. The molecule has 3 aromatic heterocycles. The number of halogens is 2. The molecule has 2 fully saturated rings. The van der Waals surface area contributed by atoms with E-state index >= 15 is 4.39 Å². The topological polar surface area (TPSA) is 122 Å². The highest BCUT2D eigenvalue weighted by Gasteiger charge is 2.33. The summed E-state index contributed by atoms with van der Waals surface area (Å²) in [4.78, 5) is 38.3. The number of hydrogen-bond acceptors (Lipinski definition) is 7. The second-order valence-electron chi connectivity index (χ2n) is 9.65. The Labute approximate surface area is 212 Å². The van der Waals surface area contributed by atoms with Gasteiger partial charge in [0.05, 0.1) is 30.5 Å². The van der Waals surface area contributed by atoms with E-state index in [-0.39, 0.29) is 40.5 Å². The molecule has 0 unspecified atom stereocenters. The van der Waals surface area contributed by atoms with Crippen LogP contribution in [0.1, 0.15) is 54.4 Å². The second kappa shape index (κ2) is 10.4. The van der Waals surface area contributed by atoms with Crippen LogP contribution < -0.4 is 11.1 Å². The highest BCUT2D eigenvalue weighted by molar-refractivity contribution is 6.11. The Morgan fingerprint density at radius 1 is 1.08 bits per heavy atom. The highest BCUT2D eigenvalue weighted by atomic mass is 19.1. The van der Waals surface area contributed by atoms with Crippen LogP contribution in [0.5, 0.6) is 0 Å². The summed E-state index contributed by atoms with van der Waals surface area (Å²) >= 11 is 0. The van der Waals surface area contributed by atoms with Crippen molar-refractivity contribution < 1.29 is 18.4 Å². The maximum absolute atomic E-state index is 15.0. The molecule has 196 valence electrons. The Morgan fingerprint density at radius 3 is 2.51 bits per heavy atom. The van der Waals surface area contributed by atoms with Crippen LogP contribution in [0.15, 0.2) is 24.8 Å². The number of anilines is 2. The van der Waals surface area contributed by atoms with E-state index < -0.39 is 17.5 Å². The normalized spacial score (nSPS) is 20.8. The van der Waals surface area contributed by atoms with E-state index in [1.807, 2.05) is 4.90 Å². The number of nitrogens with two attached hydrogens (primary N) is 1. The third kappa shape index (κ3) is 4.97. The monoisotopic (exact) mass is 512 g/mol. The number of rotatable bonds is 5. The van der Waals surface area contributed by atoms with Gasteiger partial charge in [-0.1, -0.05) is 6.92 Å². The molecular weight excluding hydrogens is 482 g/mol. The molecule has 2 amide bonds. The molecule has 0 atom stereocenters. The molecule has 0 aromatic carbocycles. The summed E-state index contributed by atoms with van der Waals surface area (Å²) in [5, 5.41) is 6.65. The Hall–Kier alpha value is -3.67. The molecule has 2 aliphatic rings. The minimum Gasteiger partial charge on any atom is -0.381 e. The molecule has 5 rings (SSSR count). The van der Waals surface area contributed by atoms with Gasteiger partial charge in [0.2, 0.25) is 5.91 Å². The molecule has 10 nitrogen and oxygen atoms in total. The standard InChI is InChI=1S/C25H30F2N8O2/c1-2-33-7-9-34(10-8-33)25(37)16-5-3-15(4-6-16)20-18(27)12-29-13-19(20)31-24(36)21-22(28)32-35-14-17(26)11-30-23(21)35/h11-16H,2-10H2,1H3,(H2,28,32)(H,31,36). The maximum Gasteiger partial charge on any atom is 0.263 e. The maximum atomic E-state index is 15.0. The zero-order valence-corrected chi connectivity index (χ0v) is 20.7. The van der Waals surface area contributed by atoms with E-state index in [1.54, 1.807) is 0 Å². The van der Waals surface area contributed by atoms with Crippen LogP contribution in [-0.2, 0) is 4.79 Å². The highest BCUT2D eigenvalue weighted by Crippen LogP contribution is 2.40. The van der Waals surface area contributed by atoms with Crippen LogP contribution in [0.3, 0.4) is 0 Å². The van der Waals surface area contributed by atoms with Gasteiger partial charge >= 0.3 is 0 Å². The van der Waals surface area contributed by atoms with Crippen molar-refractivity contribution in [2.24, 2.45) is 5.92 Å². The zero-order valence-electron chi connectivity index (χ0n) is 20.7. The van der Waals surface area contributed by atoms with E-state index in [0.717, 1.165) is 55.8 Å². The minimum absolute atomic E-state index is 0.0345. The average molecular weight is 513 g/mol. The molecule has 37 heavy (non-hydrogen) atoms. The molecule has 0 bridgehead atoms. The van der Waals surface area contributed by atoms with Crippen molar-refractivity contribution in [2.45, 2.75) is 38.5 Å². The number of aromatic nitrogens is 4. The van der Waals surface area contributed by atoms with Crippen molar-refractivity contribution in [3.8, 4) is 0 Å². The van der Waals surface area contributed by atoms with Crippen LogP contribution in [-0.4, -0.2) is 73.9 Å². The van der Waals surface area contributed by atoms with E-state index in [0.29, 0.717) is 31.2 Å². The summed E-state index contributed by atoms with van der Waals surface area (Å²) in [5.41, 5.74) is 6.55. The molecule has 0 radical (unpaired) electrons. The summed E-state index contributed by atoms with van der Waals surface area (Å²) in [6, 6.07) is 0. The van der Waals surface area contributed by atoms with Gasteiger partial charge in [-0.05, 0) is 38.1 Å². The number of likely N-dealkylation sites (N-methyl/N-ethyl adjacent to an activating group) is 1. The van der Waals surface area contributed by atoms with Crippen LogP contribution in [0, 0.1) is 17.6 Å². The van der Waals surface area contributed by atoms with Crippen molar-refractivity contribution in [3.63, 3.8) is 0 Å². The Morgan fingerprint density at radius 2 is 1.81 bits per heavy atom. The number of carbonyl (C=O) groups excluding carboxylic acids is 2. The molecule has 1 saturated carbocycles. The first-order chi connectivity index (χ1) is 17.9. The van der Waals surface area contributed by atoms with Gasteiger partial charge in [0.25, 0.3) is 5.91 Å². The smallest absolute Gasteiger partial charge is 0.263 e. The van der Waals surface area contributed by atoms with Gasteiger partial charge in [0.15, 0.2) is 17.3 Å². The van der Waals surface area contributed by atoms with Crippen LogP contribution in [0.2, 0.25) is 0 Å². The summed E-state index contributed by atoms with van der Waals surface area (Å²) in [5.74, 6) is -1.97. The van der Waals surface area contributed by atoms with Crippen molar-refractivity contribution in [2.75, 3.05) is 43.8 Å². The number of carbonyl (C=O) groups is 2. The van der Waals surface area contributed by atoms with Crippen molar-refractivity contribution >= 4 is 29.0 Å². The van der Waals surface area contributed by atoms with Crippen molar-refractivity contribution in [3.05, 3.63) is 47.5 Å². The summed E-state index contributed by atoms with van der Waals surface area (Å²) in [7, 11) is 0. The number of nitrogens with one attached hydrogen (secondary N) is 1. The Balaban J connectivity index is 1.29. The fraction of sp³-hybridized carbons (Fsp3) is 0.480. The first-order valence-corrected chi connectivity index (χ1v) is 12.6. The summed E-state index contributed by atoms with van der Waals surface area (Å²) < 4.78 is 29.6. The molecule has 4 heterocycles. The third-order valence-electron chi connectivity index (χ3n) is 7.50. The summed E-state index contributed by atoms with van der Waals surface area (Å²) in [6.07, 6.45) is 7.11. The molecule has 0 spiro atoms. The van der Waals surface area contributed by atoms with Gasteiger partial charge in [0, 0.05) is 37.7 Å². The number of fused-ring (bicyclic) bond motifs is 1. The van der Waals surface area contributed by atoms with E-state index in [2.05, 4.69) is 32.2 Å². The number of nitrogens with zero attached hydrogens (tertiary/aromatic N) is 6. The van der Waals surface area contributed by atoms with Gasteiger partial charge in [-0.25, -0.2) is 18.3 Å². The predicted octanol–water partition coefficient (Wildman–Crippen LogP) is 2.67. The van der Waals surface area contributed by atoms with Gasteiger partial charge in [-0.3, -0.25) is 14.6 Å². The minimum atomic E-state index is -0.643. The number of piperazine rings is 1. The van der Waals surface area contributed by atoms with Gasteiger partial charge in [0.1, 0.15) is 11.4 Å². The fourth-order valence-corrected chi connectivity index (χ4v) is 5.46. The molecule has 12 heteroatoms. The lowest BCUT2D eigenvalue weighted by Crippen LogP contribution is -2.50. The second-order valence-corrected chi connectivity index (χ2v) is 9.65. The third-order valence-corrected chi connectivity index (χ3v) is 7.50. The van der Waals surface area contributed by atoms with Crippen LogP contribution in [0.4, 0.5) is 20.3 Å². The first-order valence-electron chi connectivity index (χ1n) is 12.6. The lowest BCUT2D eigenvalue weighted by atomic mass is 9.77. The van der Waals surface area contributed by atoms with Crippen molar-refractivity contribution in [1.29, 1.82) is 0 Å². The molecule has 1 saturated heterocycles. The van der Waals surface area contributed by atoms with E-state index in [9.17, 15) is 14.0 Å². The zero-order chi connectivity index (χ0) is 26.1. The molecule has 1 aliphatic heterocycles. The van der Waals surface area contributed by atoms with E-state index in [4.69, 9.17) is 5.73 Å². The Kier molecular flexibility index (Phi) is 7.00. The van der Waals surface area contributed by atoms with Crippen LogP contribution in [0.25, 0.3) is 5.65 Å². The number of amides is 2. The largest absolute Gasteiger partial charge is 0.381 e. The number of hydrogen-bond donors (Lipinski definition) is 2. The predicted molar refractivity (Wildman–Crippen MR) is 133 cm³/mol. The lowest BCUT2D eigenvalue weighted by Gasteiger charge is -2.37. The van der Waals surface area contributed by atoms with Gasteiger partial charge in [-0.2, -0.15) is 0 Å². The van der Waals surface area contributed by atoms with Gasteiger partial charge in [-0.15, -0.1) is 5.10 Å². The SMILES string of the molecule is CCN1CCN(C(=O)C2CCC(c3c(F)cncc3NC(=O)c3c(N)nn4cc(F)cnc34)CC2)CC1. The fourth-order valence-electron chi connectivity index (χ4n) is 5.46. The van der Waals surface area contributed by atoms with Crippen molar-refractivity contribution in [1.82, 2.24) is 29.4 Å². The Bertz CT molecular complexity index is 1310. The number of nitrogen functional groups attached to an aromatic ring is 1. The molecule has 1 aliphatic carbocycles. The van der Waals surface area contributed by atoms with Gasteiger partial charge < -0.3 is 20.9 Å². The lowest BCUT2D eigenvalue weighted by molar-refractivity contribution is -0.138. The molecule has 3 aromatic rings. The van der Waals surface area contributed by atoms with Crippen LogP contribution >= 0.6 is 0 Å². The van der Waals surface area contributed by atoms with E-state index in [1.165, 1.54) is 6.20 Å². The molecule has 3 N–H and O–H groups in total. The summed E-state index contributed by atoms with van der Waals surface area (Å²) in [6.45, 7) is 6.39. The quantitative estimate of drug-likeness (QED) is 0.539. The first kappa shape index (κ1) is 25.0.